The topological polar surface area (TPSA) is 76.6 Å². The van der Waals surface area contributed by atoms with Crippen LogP contribution < -0.4 is 10.1 Å². The summed E-state index contributed by atoms with van der Waals surface area (Å²) in [6.45, 7) is 3.26. The molecule has 2 aliphatic heterocycles. The Balaban J connectivity index is 1.41. The first-order valence-corrected chi connectivity index (χ1v) is 8.75. The summed E-state index contributed by atoms with van der Waals surface area (Å²) >= 11 is 0. The number of aromatic nitrogens is 2. The van der Waals surface area contributed by atoms with E-state index in [2.05, 4.69) is 20.2 Å². The van der Waals surface area contributed by atoms with Gasteiger partial charge in [0.05, 0.1) is 18.3 Å². The average molecular weight is 354 g/mol. The lowest BCUT2D eigenvalue weighted by atomic mass is 10.0. The minimum Gasteiger partial charge on any atom is -0.496 e. The molecule has 2 aromatic rings. The van der Waals surface area contributed by atoms with E-state index in [1.807, 2.05) is 36.7 Å². The van der Waals surface area contributed by atoms with E-state index in [1.165, 1.54) is 0 Å². The Kier molecular flexibility index (Phi) is 4.57. The van der Waals surface area contributed by atoms with E-state index in [1.54, 1.807) is 7.11 Å². The molecule has 1 N–H and O–H groups in total. The molecule has 0 saturated carbocycles. The molecular weight excluding hydrogens is 332 g/mol. The fourth-order valence-electron chi connectivity index (χ4n) is 3.57. The smallest absolute Gasteiger partial charge is 0.246 e. The van der Waals surface area contributed by atoms with Gasteiger partial charge in [0.1, 0.15) is 12.4 Å². The number of carbonyl (C=O) groups excluding carboxylic acids is 1. The van der Waals surface area contributed by atoms with Crippen LogP contribution in [0.3, 0.4) is 0 Å². The SMILES string of the molecule is COc1ccccc1-c1ncc(CN2CCC3(CNC(=O)CO3)C2)cn1. The molecule has 3 heterocycles. The Morgan fingerprint density at radius 3 is 2.85 bits per heavy atom. The van der Waals surface area contributed by atoms with E-state index in [0.29, 0.717) is 12.4 Å². The fourth-order valence-corrected chi connectivity index (χ4v) is 3.57. The lowest BCUT2D eigenvalue weighted by Gasteiger charge is -2.33. The van der Waals surface area contributed by atoms with Gasteiger partial charge in [0.15, 0.2) is 5.82 Å². The normalized spacial score (nSPS) is 23.2. The van der Waals surface area contributed by atoms with Crippen molar-refractivity contribution in [3.63, 3.8) is 0 Å². The summed E-state index contributed by atoms with van der Waals surface area (Å²) in [6, 6.07) is 7.73. The molecule has 136 valence electrons. The van der Waals surface area contributed by atoms with Crippen molar-refractivity contribution in [3.05, 3.63) is 42.2 Å². The predicted octanol–water partition coefficient (Wildman–Crippen LogP) is 1.24. The van der Waals surface area contributed by atoms with E-state index >= 15 is 0 Å². The molecule has 2 saturated heterocycles. The number of likely N-dealkylation sites (tertiary alicyclic amines) is 1. The highest BCUT2D eigenvalue weighted by Crippen LogP contribution is 2.29. The van der Waals surface area contributed by atoms with Gasteiger partial charge in [0, 0.05) is 44.1 Å². The number of hydrogen-bond donors (Lipinski definition) is 1. The van der Waals surface area contributed by atoms with Crippen LogP contribution in [0.4, 0.5) is 0 Å². The molecule has 1 unspecified atom stereocenters. The second-order valence-electron chi connectivity index (χ2n) is 6.82. The van der Waals surface area contributed by atoms with E-state index in [9.17, 15) is 4.79 Å². The standard InChI is InChI=1S/C19H22N4O3/c1-25-16-5-3-2-4-15(16)18-20-8-14(9-21-18)10-23-7-6-19(13-23)12-22-17(24)11-26-19/h2-5,8-9H,6-7,10-13H2,1H3,(H,22,24). The lowest BCUT2D eigenvalue weighted by molar-refractivity contribution is -0.142. The molecule has 1 spiro atoms. The summed E-state index contributed by atoms with van der Waals surface area (Å²) in [6.07, 6.45) is 4.65. The molecule has 1 amide bonds. The molecule has 7 nitrogen and oxygen atoms in total. The minimum atomic E-state index is -0.244. The Hall–Kier alpha value is -2.51. The zero-order valence-corrected chi connectivity index (χ0v) is 14.8. The number of ether oxygens (including phenoxy) is 2. The largest absolute Gasteiger partial charge is 0.496 e. The molecule has 7 heteroatoms. The van der Waals surface area contributed by atoms with Crippen molar-refractivity contribution in [2.45, 2.75) is 18.6 Å². The van der Waals surface area contributed by atoms with Gasteiger partial charge in [0.2, 0.25) is 5.91 Å². The highest BCUT2D eigenvalue weighted by molar-refractivity contribution is 5.78. The summed E-state index contributed by atoms with van der Waals surface area (Å²) < 4.78 is 11.2. The van der Waals surface area contributed by atoms with Gasteiger partial charge in [-0.05, 0) is 18.6 Å². The van der Waals surface area contributed by atoms with Crippen LogP contribution in [-0.2, 0) is 16.1 Å². The first-order chi connectivity index (χ1) is 12.7. The van der Waals surface area contributed by atoms with Crippen molar-refractivity contribution >= 4 is 5.91 Å². The number of methoxy groups -OCH3 is 1. The quantitative estimate of drug-likeness (QED) is 0.890. The van der Waals surface area contributed by atoms with Crippen LogP contribution in [0.15, 0.2) is 36.7 Å². The summed E-state index contributed by atoms with van der Waals surface area (Å²) in [7, 11) is 1.65. The number of nitrogens with zero attached hydrogens (tertiary/aromatic N) is 3. The molecule has 26 heavy (non-hydrogen) atoms. The number of carbonyl (C=O) groups is 1. The maximum absolute atomic E-state index is 11.3. The zero-order chi connectivity index (χ0) is 18.0. The third-order valence-corrected chi connectivity index (χ3v) is 4.97. The molecule has 4 rings (SSSR count). The van der Waals surface area contributed by atoms with Gasteiger partial charge < -0.3 is 14.8 Å². The first kappa shape index (κ1) is 16.9. The number of benzene rings is 1. The summed E-state index contributed by atoms with van der Waals surface area (Å²) in [5, 5.41) is 2.91. The molecule has 1 atom stereocenters. The summed E-state index contributed by atoms with van der Waals surface area (Å²) in [4.78, 5) is 22.6. The predicted molar refractivity (Wildman–Crippen MR) is 95.6 cm³/mol. The van der Waals surface area contributed by atoms with Crippen molar-refractivity contribution in [2.75, 3.05) is 33.4 Å². The highest BCUT2D eigenvalue weighted by atomic mass is 16.5. The van der Waals surface area contributed by atoms with Crippen LogP contribution in [0.25, 0.3) is 11.4 Å². The van der Waals surface area contributed by atoms with Crippen LogP contribution in [0.1, 0.15) is 12.0 Å². The van der Waals surface area contributed by atoms with Gasteiger partial charge in [-0.15, -0.1) is 0 Å². The maximum atomic E-state index is 11.3. The van der Waals surface area contributed by atoms with E-state index in [0.717, 1.165) is 42.9 Å². The van der Waals surface area contributed by atoms with Crippen LogP contribution in [0.2, 0.25) is 0 Å². The molecule has 2 fully saturated rings. The minimum absolute atomic E-state index is 0.0330. The van der Waals surface area contributed by atoms with Crippen molar-refractivity contribution < 1.29 is 14.3 Å². The number of morpholine rings is 1. The van der Waals surface area contributed by atoms with E-state index in [-0.39, 0.29) is 18.1 Å². The Morgan fingerprint density at radius 2 is 2.12 bits per heavy atom. The maximum Gasteiger partial charge on any atom is 0.246 e. The Morgan fingerprint density at radius 1 is 1.31 bits per heavy atom. The van der Waals surface area contributed by atoms with Crippen molar-refractivity contribution in [2.24, 2.45) is 0 Å². The number of hydrogen-bond acceptors (Lipinski definition) is 6. The van der Waals surface area contributed by atoms with Crippen LogP contribution >= 0.6 is 0 Å². The number of para-hydroxylation sites is 1. The molecule has 1 aromatic heterocycles. The van der Waals surface area contributed by atoms with Crippen molar-refractivity contribution in [1.29, 1.82) is 0 Å². The number of amides is 1. The number of rotatable bonds is 4. The third-order valence-electron chi connectivity index (χ3n) is 4.97. The van der Waals surface area contributed by atoms with Gasteiger partial charge >= 0.3 is 0 Å². The van der Waals surface area contributed by atoms with Crippen LogP contribution in [0.5, 0.6) is 5.75 Å². The molecule has 0 bridgehead atoms. The van der Waals surface area contributed by atoms with Gasteiger partial charge in [-0.3, -0.25) is 9.69 Å². The fraction of sp³-hybridized carbons (Fsp3) is 0.421. The molecular formula is C19H22N4O3. The third kappa shape index (κ3) is 3.40. The highest BCUT2D eigenvalue weighted by Gasteiger charge is 2.42. The first-order valence-electron chi connectivity index (χ1n) is 8.75. The van der Waals surface area contributed by atoms with Crippen LogP contribution in [0, 0.1) is 0 Å². The second kappa shape index (κ2) is 7.01. The summed E-state index contributed by atoms with van der Waals surface area (Å²) in [5.41, 5.74) is 1.69. The average Bonchev–Trinajstić information content (AvgIpc) is 3.07. The Bertz CT molecular complexity index is 784. The van der Waals surface area contributed by atoms with E-state index < -0.39 is 0 Å². The van der Waals surface area contributed by atoms with Gasteiger partial charge in [-0.2, -0.15) is 0 Å². The lowest BCUT2D eigenvalue weighted by Crippen LogP contribution is -2.53. The monoisotopic (exact) mass is 354 g/mol. The van der Waals surface area contributed by atoms with Crippen LogP contribution in [-0.4, -0.2) is 59.7 Å². The molecule has 2 aliphatic rings. The van der Waals surface area contributed by atoms with E-state index in [4.69, 9.17) is 9.47 Å². The van der Waals surface area contributed by atoms with Crippen molar-refractivity contribution in [1.82, 2.24) is 20.2 Å². The molecule has 1 aromatic carbocycles. The van der Waals surface area contributed by atoms with Crippen molar-refractivity contribution in [3.8, 4) is 17.1 Å². The van der Waals surface area contributed by atoms with Gasteiger partial charge in [-0.25, -0.2) is 9.97 Å². The van der Waals surface area contributed by atoms with Gasteiger partial charge in [-0.1, -0.05) is 12.1 Å². The second-order valence-corrected chi connectivity index (χ2v) is 6.82. The van der Waals surface area contributed by atoms with Gasteiger partial charge in [0.25, 0.3) is 0 Å². The zero-order valence-electron chi connectivity index (χ0n) is 14.8. The Labute approximate surface area is 152 Å². The molecule has 0 radical (unpaired) electrons. The number of nitrogens with one attached hydrogen (secondary N) is 1. The summed E-state index contributed by atoms with van der Waals surface area (Å²) in [5.74, 6) is 1.38. The molecule has 0 aliphatic carbocycles.